The lowest BCUT2D eigenvalue weighted by molar-refractivity contribution is 0.148. The molecule has 6 heteroatoms. The highest BCUT2D eigenvalue weighted by molar-refractivity contribution is 7.99. The molecule has 1 aliphatic heterocycles. The summed E-state index contributed by atoms with van der Waals surface area (Å²) in [4.78, 5) is 22.1. The molecule has 1 saturated heterocycles. The van der Waals surface area contributed by atoms with E-state index in [0.717, 1.165) is 29.6 Å². The molecule has 1 amide bonds. The van der Waals surface area contributed by atoms with Gasteiger partial charge in [-0.3, -0.25) is 0 Å². The minimum Gasteiger partial charge on any atom is -0.465 e. The van der Waals surface area contributed by atoms with Crippen molar-refractivity contribution in [3.05, 3.63) is 59.8 Å². The van der Waals surface area contributed by atoms with Gasteiger partial charge < -0.3 is 14.9 Å². The van der Waals surface area contributed by atoms with Gasteiger partial charge in [-0.15, -0.1) is 0 Å². The van der Waals surface area contributed by atoms with E-state index in [4.69, 9.17) is 0 Å². The Hall–Kier alpha value is -2.73. The van der Waals surface area contributed by atoms with E-state index in [0.29, 0.717) is 19.6 Å². The molecular formula is C23H25N3O2S. The number of carboxylic acid groups (broad SMARTS) is 1. The van der Waals surface area contributed by atoms with E-state index in [9.17, 15) is 9.90 Å². The van der Waals surface area contributed by atoms with Crippen molar-refractivity contribution in [2.45, 2.75) is 30.1 Å². The first kappa shape index (κ1) is 19.6. The summed E-state index contributed by atoms with van der Waals surface area (Å²) in [6.45, 7) is 6.82. The first-order valence-electron chi connectivity index (χ1n) is 9.88. The molecule has 1 aliphatic rings. The van der Waals surface area contributed by atoms with E-state index in [-0.39, 0.29) is 0 Å². The third-order valence-corrected chi connectivity index (χ3v) is 6.48. The van der Waals surface area contributed by atoms with E-state index < -0.39 is 6.09 Å². The highest BCUT2D eigenvalue weighted by Gasteiger charge is 2.20. The van der Waals surface area contributed by atoms with Crippen molar-refractivity contribution < 1.29 is 9.90 Å². The zero-order valence-electron chi connectivity index (χ0n) is 16.8. The number of aryl methyl sites for hydroxylation is 2. The zero-order chi connectivity index (χ0) is 20.4. The van der Waals surface area contributed by atoms with Crippen LogP contribution in [0.2, 0.25) is 0 Å². The van der Waals surface area contributed by atoms with Gasteiger partial charge in [0.25, 0.3) is 0 Å². The lowest BCUT2D eigenvalue weighted by atomic mass is 10.1. The molecule has 0 spiro atoms. The van der Waals surface area contributed by atoms with Gasteiger partial charge in [-0.1, -0.05) is 23.9 Å². The summed E-state index contributed by atoms with van der Waals surface area (Å²) in [7, 11) is 0. The molecule has 29 heavy (non-hydrogen) atoms. The highest BCUT2D eigenvalue weighted by Crippen LogP contribution is 2.34. The number of anilines is 1. The maximum absolute atomic E-state index is 11.3. The van der Waals surface area contributed by atoms with Crippen molar-refractivity contribution in [1.29, 1.82) is 0 Å². The van der Waals surface area contributed by atoms with Gasteiger partial charge in [-0.2, -0.15) is 0 Å². The number of fused-ring (bicyclic) bond motifs is 1. The van der Waals surface area contributed by atoms with Crippen molar-refractivity contribution in [1.82, 2.24) is 9.88 Å². The maximum atomic E-state index is 11.3. The van der Waals surface area contributed by atoms with Crippen LogP contribution in [0.4, 0.5) is 10.6 Å². The highest BCUT2D eigenvalue weighted by atomic mass is 32.2. The number of pyridine rings is 1. The first-order valence-corrected chi connectivity index (χ1v) is 10.7. The van der Waals surface area contributed by atoms with Gasteiger partial charge >= 0.3 is 6.09 Å². The van der Waals surface area contributed by atoms with Gasteiger partial charge in [-0.25, -0.2) is 9.78 Å². The normalized spacial score (nSPS) is 14.8. The first-order chi connectivity index (χ1) is 14.0. The van der Waals surface area contributed by atoms with Crippen LogP contribution in [0.1, 0.15) is 17.5 Å². The summed E-state index contributed by atoms with van der Waals surface area (Å²) in [5.41, 5.74) is 2.60. The van der Waals surface area contributed by atoms with Gasteiger partial charge in [0.15, 0.2) is 0 Å². The number of carbonyl (C=O) groups is 1. The number of benzene rings is 2. The van der Waals surface area contributed by atoms with Crippen LogP contribution in [0, 0.1) is 13.8 Å². The standard InChI is InChI=1S/C23H25N3O2S/c1-16-4-6-19(14-17(16)2)29-20-7-5-18-8-9-24-22(21(18)15-20)25-10-3-11-26(13-12-25)23(27)28/h4-9,14-15H,3,10-13H2,1-2H3,(H,27,28). The molecule has 2 aromatic carbocycles. The Kier molecular flexibility index (Phi) is 5.62. The topological polar surface area (TPSA) is 56.7 Å². The average Bonchev–Trinajstić information content (AvgIpc) is 2.97. The van der Waals surface area contributed by atoms with E-state index in [2.05, 4.69) is 60.1 Å². The van der Waals surface area contributed by atoms with Crippen molar-refractivity contribution in [3.8, 4) is 0 Å². The molecule has 1 aromatic heterocycles. The second-order valence-electron chi connectivity index (χ2n) is 7.48. The molecule has 0 atom stereocenters. The molecule has 1 fully saturated rings. The van der Waals surface area contributed by atoms with Crippen LogP contribution in [-0.4, -0.2) is 47.3 Å². The van der Waals surface area contributed by atoms with Crippen molar-refractivity contribution in [2.24, 2.45) is 0 Å². The van der Waals surface area contributed by atoms with Gasteiger partial charge in [0.1, 0.15) is 5.82 Å². The van der Waals surface area contributed by atoms with E-state index in [1.165, 1.54) is 25.8 Å². The summed E-state index contributed by atoms with van der Waals surface area (Å²) in [5.74, 6) is 0.942. The largest absolute Gasteiger partial charge is 0.465 e. The fraction of sp³-hybridized carbons (Fsp3) is 0.304. The van der Waals surface area contributed by atoms with Crippen molar-refractivity contribution in [2.75, 3.05) is 31.1 Å². The zero-order valence-corrected chi connectivity index (χ0v) is 17.6. The Bertz CT molecular complexity index is 1050. The Morgan fingerprint density at radius 1 is 0.966 bits per heavy atom. The van der Waals surface area contributed by atoms with Gasteiger partial charge in [0.2, 0.25) is 0 Å². The van der Waals surface area contributed by atoms with E-state index >= 15 is 0 Å². The number of hydrogen-bond acceptors (Lipinski definition) is 4. The Morgan fingerprint density at radius 2 is 1.76 bits per heavy atom. The molecule has 3 aromatic rings. The monoisotopic (exact) mass is 407 g/mol. The van der Waals surface area contributed by atoms with Crippen LogP contribution >= 0.6 is 11.8 Å². The Morgan fingerprint density at radius 3 is 2.55 bits per heavy atom. The molecular weight excluding hydrogens is 382 g/mol. The SMILES string of the molecule is Cc1ccc(Sc2ccc3ccnc(N4CCCN(C(=O)O)CC4)c3c2)cc1C. The third-order valence-electron chi connectivity index (χ3n) is 5.50. The minimum atomic E-state index is -0.843. The summed E-state index contributed by atoms with van der Waals surface area (Å²) in [5, 5.41) is 11.6. The molecule has 0 saturated carbocycles. The minimum absolute atomic E-state index is 0.504. The lowest BCUT2D eigenvalue weighted by Crippen LogP contribution is -2.34. The number of hydrogen-bond donors (Lipinski definition) is 1. The smallest absolute Gasteiger partial charge is 0.407 e. The summed E-state index contributed by atoms with van der Waals surface area (Å²) < 4.78 is 0. The molecule has 1 N–H and O–H groups in total. The molecule has 4 rings (SSSR count). The van der Waals surface area contributed by atoms with Crippen molar-refractivity contribution >= 4 is 34.4 Å². The van der Waals surface area contributed by atoms with Crippen LogP contribution in [0.3, 0.4) is 0 Å². The van der Waals surface area contributed by atoms with Gasteiger partial charge in [0, 0.05) is 47.6 Å². The predicted molar refractivity (Wildman–Crippen MR) is 118 cm³/mol. The lowest BCUT2D eigenvalue weighted by Gasteiger charge is -2.23. The number of amides is 1. The molecule has 0 radical (unpaired) electrons. The quantitative estimate of drug-likeness (QED) is 0.647. The fourth-order valence-corrected chi connectivity index (χ4v) is 4.64. The van der Waals surface area contributed by atoms with Crippen LogP contribution in [-0.2, 0) is 0 Å². The Balaban J connectivity index is 1.64. The number of rotatable bonds is 3. The van der Waals surface area contributed by atoms with Crippen LogP contribution in [0.15, 0.2) is 58.5 Å². The summed E-state index contributed by atoms with van der Waals surface area (Å²) in [6.07, 6.45) is 1.81. The molecule has 0 aliphatic carbocycles. The molecule has 0 unspecified atom stereocenters. The summed E-state index contributed by atoms with van der Waals surface area (Å²) >= 11 is 1.76. The van der Waals surface area contributed by atoms with Crippen molar-refractivity contribution in [3.63, 3.8) is 0 Å². The van der Waals surface area contributed by atoms with Gasteiger partial charge in [-0.05, 0) is 67.1 Å². The van der Waals surface area contributed by atoms with E-state index in [1.807, 2.05) is 12.3 Å². The predicted octanol–water partition coefficient (Wildman–Crippen LogP) is 5.19. The molecule has 0 bridgehead atoms. The number of nitrogens with zero attached hydrogens (tertiary/aromatic N) is 3. The van der Waals surface area contributed by atoms with Crippen LogP contribution in [0.5, 0.6) is 0 Å². The average molecular weight is 408 g/mol. The number of aromatic nitrogens is 1. The molecule has 2 heterocycles. The Labute approximate surface area is 175 Å². The molecule has 150 valence electrons. The summed E-state index contributed by atoms with van der Waals surface area (Å²) in [6, 6.07) is 15.1. The van der Waals surface area contributed by atoms with E-state index in [1.54, 1.807) is 11.8 Å². The van der Waals surface area contributed by atoms with Crippen LogP contribution in [0.25, 0.3) is 10.8 Å². The molecule has 5 nitrogen and oxygen atoms in total. The van der Waals surface area contributed by atoms with Gasteiger partial charge in [0.05, 0.1) is 0 Å². The second-order valence-corrected chi connectivity index (χ2v) is 8.62. The fourth-order valence-electron chi connectivity index (χ4n) is 3.68. The third kappa shape index (κ3) is 4.32. The second kappa shape index (κ2) is 8.33. The van der Waals surface area contributed by atoms with Crippen LogP contribution < -0.4 is 4.90 Å². The maximum Gasteiger partial charge on any atom is 0.407 e.